The van der Waals surface area contributed by atoms with E-state index in [1.807, 2.05) is 13.8 Å². The van der Waals surface area contributed by atoms with Crippen molar-refractivity contribution in [2.75, 3.05) is 0 Å². The number of carbonyl (C=O) groups is 3. The first-order valence-corrected chi connectivity index (χ1v) is 5.15. The van der Waals surface area contributed by atoms with Crippen molar-refractivity contribution >= 4 is 17.8 Å². The van der Waals surface area contributed by atoms with Gasteiger partial charge in [0.25, 0.3) is 0 Å². The van der Waals surface area contributed by atoms with Gasteiger partial charge in [0, 0.05) is 0 Å². The highest BCUT2D eigenvalue weighted by Gasteiger charge is 2.51. The molecule has 0 spiro atoms. The molecule has 2 N–H and O–H groups in total. The van der Waals surface area contributed by atoms with Crippen LogP contribution >= 0.6 is 0 Å². The number of barbiturate groups is 1. The molecule has 1 saturated heterocycles. The Morgan fingerprint density at radius 1 is 1.13 bits per heavy atom. The van der Waals surface area contributed by atoms with E-state index in [9.17, 15) is 14.4 Å². The highest BCUT2D eigenvalue weighted by molar-refractivity contribution is 6.19. The average Bonchev–Trinajstić information content (AvgIpc) is 2.17. The number of carbonyl (C=O) groups excluding carboxylic acids is 3. The van der Waals surface area contributed by atoms with Crippen molar-refractivity contribution in [1.29, 1.82) is 0 Å². The smallest absolute Gasteiger partial charge is 0.277 e. The minimum absolute atomic E-state index is 0.0874. The first-order valence-electron chi connectivity index (χ1n) is 5.15. The van der Waals surface area contributed by atoms with Gasteiger partial charge >= 0.3 is 6.03 Å². The highest BCUT2D eigenvalue weighted by Crippen LogP contribution is 2.35. The summed E-state index contributed by atoms with van der Waals surface area (Å²) >= 11 is 0. The van der Waals surface area contributed by atoms with Crippen molar-refractivity contribution in [3.63, 3.8) is 0 Å². The van der Waals surface area contributed by atoms with E-state index < -0.39 is 23.3 Å². The number of hydrogen-bond acceptors (Lipinski definition) is 3. The Balaban J connectivity index is 3.11. The lowest BCUT2D eigenvalue weighted by atomic mass is 9.70. The summed E-state index contributed by atoms with van der Waals surface area (Å²) in [6.07, 6.45) is 1.11. The van der Waals surface area contributed by atoms with E-state index in [2.05, 4.69) is 10.6 Å². The predicted octanol–water partition coefficient (Wildman–Crippen LogP) is 0.795. The van der Waals surface area contributed by atoms with Gasteiger partial charge in [0.05, 0.1) is 0 Å². The van der Waals surface area contributed by atoms with Crippen LogP contribution in [0.2, 0.25) is 0 Å². The molecule has 1 heterocycles. The largest absolute Gasteiger partial charge is 0.328 e. The highest BCUT2D eigenvalue weighted by atomic mass is 16.2. The molecule has 15 heavy (non-hydrogen) atoms. The number of nitrogens with one attached hydrogen (secondary N) is 2. The number of rotatable bonds is 3. The summed E-state index contributed by atoms with van der Waals surface area (Å²) < 4.78 is 0. The summed E-state index contributed by atoms with van der Waals surface area (Å²) in [5.74, 6) is -1.04. The van der Waals surface area contributed by atoms with Gasteiger partial charge in [-0.2, -0.15) is 0 Å². The number of imide groups is 2. The van der Waals surface area contributed by atoms with Gasteiger partial charge in [-0.25, -0.2) is 4.79 Å². The maximum Gasteiger partial charge on any atom is 0.328 e. The lowest BCUT2D eigenvalue weighted by Gasteiger charge is -2.37. The molecule has 5 heteroatoms. The topological polar surface area (TPSA) is 75.3 Å². The molecular weight excluding hydrogens is 196 g/mol. The van der Waals surface area contributed by atoms with Gasteiger partial charge in [-0.3, -0.25) is 20.2 Å². The van der Waals surface area contributed by atoms with Crippen molar-refractivity contribution in [3.8, 4) is 0 Å². The quantitative estimate of drug-likeness (QED) is 0.679. The molecule has 0 aromatic heterocycles. The van der Waals surface area contributed by atoms with Crippen molar-refractivity contribution in [2.24, 2.45) is 11.3 Å². The van der Waals surface area contributed by atoms with Gasteiger partial charge in [0.2, 0.25) is 11.8 Å². The lowest BCUT2D eigenvalue weighted by Crippen LogP contribution is -2.64. The molecule has 0 bridgehead atoms. The first-order chi connectivity index (χ1) is 6.98. The molecule has 84 valence electrons. The summed E-state index contributed by atoms with van der Waals surface area (Å²) in [5.41, 5.74) is -1.09. The molecule has 4 amide bonds. The van der Waals surface area contributed by atoms with Gasteiger partial charge in [0.15, 0.2) is 0 Å². The second-order valence-electron chi connectivity index (χ2n) is 3.87. The second kappa shape index (κ2) is 4.00. The summed E-state index contributed by atoms with van der Waals surface area (Å²) in [6.45, 7) is 5.54. The zero-order chi connectivity index (χ0) is 11.6. The van der Waals surface area contributed by atoms with E-state index >= 15 is 0 Å². The van der Waals surface area contributed by atoms with Gasteiger partial charge in [0.1, 0.15) is 5.41 Å². The number of hydrogen-bond donors (Lipinski definition) is 2. The molecule has 5 nitrogen and oxygen atoms in total. The van der Waals surface area contributed by atoms with Crippen molar-refractivity contribution in [2.45, 2.75) is 33.6 Å². The van der Waals surface area contributed by atoms with Gasteiger partial charge in [-0.05, 0) is 12.3 Å². The molecule has 1 aliphatic heterocycles. The number of amides is 4. The van der Waals surface area contributed by atoms with E-state index in [-0.39, 0.29) is 5.92 Å². The standard InChI is InChI=1S/C10H16N2O3/c1-4-6(3)10(5-2)7(13)11-9(15)12-8(10)14/h6H,4-5H2,1-3H3,(H2,11,12,13,14,15)/t6-/m1/s1. The summed E-state index contributed by atoms with van der Waals surface area (Å²) in [5, 5.41) is 4.31. The van der Waals surface area contributed by atoms with Crippen LogP contribution in [0.25, 0.3) is 0 Å². The Morgan fingerprint density at radius 2 is 1.60 bits per heavy atom. The van der Waals surface area contributed by atoms with Crippen LogP contribution in [0.15, 0.2) is 0 Å². The molecule has 0 unspecified atom stereocenters. The Labute approximate surface area is 88.6 Å². The maximum atomic E-state index is 11.8. The summed E-state index contributed by atoms with van der Waals surface area (Å²) in [4.78, 5) is 34.5. The van der Waals surface area contributed by atoms with E-state index in [1.165, 1.54) is 0 Å². The molecule has 0 aromatic rings. The van der Waals surface area contributed by atoms with Crippen LogP contribution in [0.5, 0.6) is 0 Å². The van der Waals surface area contributed by atoms with E-state index in [1.54, 1.807) is 6.92 Å². The zero-order valence-corrected chi connectivity index (χ0v) is 9.22. The Morgan fingerprint density at radius 3 is 1.93 bits per heavy atom. The van der Waals surface area contributed by atoms with Gasteiger partial charge in [-0.15, -0.1) is 0 Å². The molecule has 1 rings (SSSR count). The predicted molar refractivity (Wildman–Crippen MR) is 53.9 cm³/mol. The Kier molecular flexibility index (Phi) is 3.12. The van der Waals surface area contributed by atoms with Crippen molar-refractivity contribution in [3.05, 3.63) is 0 Å². The van der Waals surface area contributed by atoms with E-state index in [0.29, 0.717) is 12.8 Å². The summed E-state index contributed by atoms with van der Waals surface area (Å²) in [6, 6.07) is -0.725. The molecular formula is C10H16N2O3. The van der Waals surface area contributed by atoms with Crippen molar-refractivity contribution in [1.82, 2.24) is 10.6 Å². The Hall–Kier alpha value is -1.39. The third-order valence-corrected chi connectivity index (χ3v) is 3.28. The lowest BCUT2D eigenvalue weighted by molar-refractivity contribution is -0.148. The maximum absolute atomic E-state index is 11.8. The SMILES string of the molecule is CC[C@@H](C)C1(CC)C(=O)NC(=O)NC1=O. The zero-order valence-electron chi connectivity index (χ0n) is 9.22. The van der Waals surface area contributed by atoms with Crippen LogP contribution in [0.3, 0.4) is 0 Å². The van der Waals surface area contributed by atoms with Gasteiger partial charge < -0.3 is 0 Å². The fourth-order valence-corrected chi connectivity index (χ4v) is 2.03. The second-order valence-corrected chi connectivity index (χ2v) is 3.87. The van der Waals surface area contributed by atoms with E-state index in [0.717, 1.165) is 0 Å². The third-order valence-electron chi connectivity index (χ3n) is 3.28. The first kappa shape index (κ1) is 11.7. The molecule has 0 aromatic carbocycles. The molecule has 1 aliphatic rings. The average molecular weight is 212 g/mol. The molecule has 1 atom stereocenters. The van der Waals surface area contributed by atoms with Crippen LogP contribution in [-0.2, 0) is 9.59 Å². The minimum atomic E-state index is -1.09. The van der Waals surface area contributed by atoms with Crippen LogP contribution in [0, 0.1) is 11.3 Å². The van der Waals surface area contributed by atoms with Crippen molar-refractivity contribution < 1.29 is 14.4 Å². The minimum Gasteiger partial charge on any atom is -0.277 e. The molecule has 1 fully saturated rings. The van der Waals surface area contributed by atoms with Crippen LogP contribution in [0.4, 0.5) is 4.79 Å². The monoisotopic (exact) mass is 212 g/mol. The fraction of sp³-hybridized carbons (Fsp3) is 0.700. The fourth-order valence-electron chi connectivity index (χ4n) is 2.03. The van der Waals surface area contributed by atoms with Crippen LogP contribution in [-0.4, -0.2) is 17.8 Å². The normalized spacial score (nSPS) is 21.9. The molecule has 0 saturated carbocycles. The van der Waals surface area contributed by atoms with Gasteiger partial charge in [-0.1, -0.05) is 27.2 Å². The van der Waals surface area contributed by atoms with Crippen LogP contribution in [0.1, 0.15) is 33.6 Å². The van der Waals surface area contributed by atoms with Crippen LogP contribution < -0.4 is 10.6 Å². The molecule has 0 aliphatic carbocycles. The Bertz CT molecular complexity index is 292. The molecule has 0 radical (unpaired) electrons. The third kappa shape index (κ3) is 1.62. The van der Waals surface area contributed by atoms with E-state index in [4.69, 9.17) is 0 Å². The summed E-state index contributed by atoms with van der Waals surface area (Å²) in [7, 11) is 0. The number of urea groups is 1.